The summed E-state index contributed by atoms with van der Waals surface area (Å²) in [5.41, 5.74) is 6.92. The maximum absolute atomic E-state index is 12.4. The summed E-state index contributed by atoms with van der Waals surface area (Å²) in [5, 5.41) is 13.8. The van der Waals surface area contributed by atoms with E-state index in [0.717, 1.165) is 0 Å². The molecule has 124 valence electrons. The molecule has 0 aliphatic carbocycles. The van der Waals surface area contributed by atoms with Crippen LogP contribution in [0.5, 0.6) is 0 Å². The maximum atomic E-state index is 12.4. The van der Waals surface area contributed by atoms with E-state index >= 15 is 0 Å². The number of amides is 1. The zero-order chi connectivity index (χ0) is 17.8. The highest BCUT2D eigenvalue weighted by Gasteiger charge is 2.14. The number of hydrogen-bond acceptors (Lipinski definition) is 5. The van der Waals surface area contributed by atoms with E-state index in [1.54, 1.807) is 24.3 Å². The maximum Gasteiger partial charge on any atom is 0.271 e. The van der Waals surface area contributed by atoms with Crippen LogP contribution < -0.4 is 11.1 Å². The summed E-state index contributed by atoms with van der Waals surface area (Å²) in [6.45, 7) is 0. The van der Waals surface area contributed by atoms with Gasteiger partial charge in [-0.3, -0.25) is 25.2 Å². The van der Waals surface area contributed by atoms with Crippen LogP contribution in [0.4, 0.5) is 11.4 Å². The Morgan fingerprint density at radius 3 is 2.64 bits per heavy atom. The molecule has 3 aromatic rings. The van der Waals surface area contributed by atoms with Gasteiger partial charge in [0.25, 0.3) is 11.6 Å². The van der Waals surface area contributed by atoms with Crippen molar-refractivity contribution in [3.63, 3.8) is 0 Å². The van der Waals surface area contributed by atoms with Gasteiger partial charge in [-0.25, -0.2) is 4.99 Å². The second-order valence-electron chi connectivity index (χ2n) is 5.10. The Labute approximate surface area is 142 Å². The average Bonchev–Trinajstić information content (AvgIpc) is 2.61. The minimum absolute atomic E-state index is 0.0527. The van der Waals surface area contributed by atoms with Gasteiger partial charge in [-0.05, 0) is 24.3 Å². The first-order valence-electron chi connectivity index (χ1n) is 7.28. The number of fused-ring (bicyclic) bond motifs is 1. The predicted molar refractivity (Wildman–Crippen MR) is 93.6 cm³/mol. The van der Waals surface area contributed by atoms with Crippen molar-refractivity contribution in [3.8, 4) is 0 Å². The highest BCUT2D eigenvalue weighted by Crippen LogP contribution is 2.22. The van der Waals surface area contributed by atoms with E-state index in [4.69, 9.17) is 5.73 Å². The molecule has 3 N–H and O–H groups in total. The molecule has 0 unspecified atom stereocenters. The Hall–Kier alpha value is -3.81. The van der Waals surface area contributed by atoms with Crippen molar-refractivity contribution in [2.24, 2.45) is 10.7 Å². The number of guanidine groups is 1. The van der Waals surface area contributed by atoms with Crippen LogP contribution in [-0.2, 0) is 0 Å². The van der Waals surface area contributed by atoms with Gasteiger partial charge in [0.1, 0.15) is 0 Å². The Bertz CT molecular complexity index is 986. The second kappa shape index (κ2) is 6.75. The number of rotatable bonds is 3. The molecular weight excluding hydrogens is 322 g/mol. The summed E-state index contributed by atoms with van der Waals surface area (Å²) in [5.74, 6) is -0.526. The summed E-state index contributed by atoms with van der Waals surface area (Å²) in [7, 11) is 0. The molecule has 1 aromatic heterocycles. The standard InChI is InChI=1S/C17H13N5O3/c18-17(20-11-4-2-1-3-5-11)21-16(23)14-8-9-19-15-10-12(22(24)25)6-7-13(14)15/h1-10H,(H3,18,20,21,23). The number of nitro benzene ring substituents is 1. The fraction of sp³-hybridized carbons (Fsp3) is 0. The molecule has 0 saturated heterocycles. The topological polar surface area (TPSA) is 124 Å². The Morgan fingerprint density at radius 1 is 1.16 bits per heavy atom. The molecule has 0 aliphatic rings. The molecule has 0 saturated carbocycles. The highest BCUT2D eigenvalue weighted by atomic mass is 16.6. The molecule has 1 amide bonds. The predicted octanol–water partition coefficient (Wildman–Crippen LogP) is 2.52. The average molecular weight is 335 g/mol. The number of nitrogens with zero attached hydrogens (tertiary/aromatic N) is 3. The second-order valence-corrected chi connectivity index (χ2v) is 5.10. The number of carbonyl (C=O) groups is 1. The minimum atomic E-state index is -0.516. The molecule has 1 heterocycles. The van der Waals surface area contributed by atoms with Gasteiger partial charge >= 0.3 is 0 Å². The van der Waals surface area contributed by atoms with Gasteiger partial charge in [0.2, 0.25) is 5.96 Å². The largest absolute Gasteiger partial charge is 0.369 e. The van der Waals surface area contributed by atoms with Crippen LogP contribution >= 0.6 is 0 Å². The Morgan fingerprint density at radius 2 is 1.92 bits per heavy atom. The fourth-order valence-corrected chi connectivity index (χ4v) is 2.30. The molecule has 0 spiro atoms. The van der Waals surface area contributed by atoms with Gasteiger partial charge in [-0.1, -0.05) is 18.2 Å². The van der Waals surface area contributed by atoms with Crippen molar-refractivity contribution in [2.45, 2.75) is 0 Å². The molecule has 25 heavy (non-hydrogen) atoms. The number of aliphatic imine (C=N–C) groups is 1. The number of para-hydroxylation sites is 1. The number of nitro groups is 1. The zero-order valence-corrected chi connectivity index (χ0v) is 12.9. The third-order valence-corrected chi connectivity index (χ3v) is 3.43. The van der Waals surface area contributed by atoms with Gasteiger partial charge in [-0.2, -0.15) is 0 Å². The number of aromatic nitrogens is 1. The lowest BCUT2D eigenvalue weighted by Crippen LogP contribution is -2.36. The van der Waals surface area contributed by atoms with E-state index in [9.17, 15) is 14.9 Å². The van der Waals surface area contributed by atoms with Crippen LogP contribution in [0.1, 0.15) is 10.4 Å². The van der Waals surface area contributed by atoms with E-state index in [1.807, 2.05) is 6.07 Å². The molecule has 0 aliphatic heterocycles. The number of nitrogens with one attached hydrogen (secondary N) is 1. The van der Waals surface area contributed by atoms with Crippen LogP contribution in [0.3, 0.4) is 0 Å². The van der Waals surface area contributed by atoms with Crippen LogP contribution in [0.25, 0.3) is 10.9 Å². The van der Waals surface area contributed by atoms with E-state index < -0.39 is 10.8 Å². The summed E-state index contributed by atoms with van der Waals surface area (Å²) < 4.78 is 0. The van der Waals surface area contributed by atoms with E-state index in [1.165, 1.54) is 30.5 Å². The van der Waals surface area contributed by atoms with Crippen LogP contribution in [0.2, 0.25) is 0 Å². The first-order valence-corrected chi connectivity index (χ1v) is 7.28. The smallest absolute Gasteiger partial charge is 0.271 e. The molecule has 2 aromatic carbocycles. The lowest BCUT2D eigenvalue weighted by molar-refractivity contribution is -0.384. The summed E-state index contributed by atoms with van der Waals surface area (Å²) in [4.78, 5) is 30.9. The number of carbonyl (C=O) groups excluding carboxylic acids is 1. The highest BCUT2D eigenvalue weighted by molar-refractivity contribution is 6.12. The number of non-ortho nitro benzene ring substituents is 1. The van der Waals surface area contributed by atoms with Crippen molar-refractivity contribution in [2.75, 3.05) is 0 Å². The molecule has 8 heteroatoms. The van der Waals surface area contributed by atoms with Crippen LogP contribution in [-0.4, -0.2) is 21.8 Å². The van der Waals surface area contributed by atoms with E-state index in [0.29, 0.717) is 22.2 Å². The monoisotopic (exact) mass is 335 g/mol. The van der Waals surface area contributed by atoms with Gasteiger partial charge in [0.05, 0.1) is 21.7 Å². The molecular formula is C17H13N5O3. The van der Waals surface area contributed by atoms with Gasteiger partial charge < -0.3 is 5.73 Å². The van der Waals surface area contributed by atoms with Crippen LogP contribution in [0, 0.1) is 10.1 Å². The third kappa shape index (κ3) is 3.58. The number of nitrogens with two attached hydrogens (primary N) is 1. The van der Waals surface area contributed by atoms with Gasteiger partial charge in [0, 0.05) is 23.7 Å². The lowest BCUT2D eigenvalue weighted by Gasteiger charge is -2.07. The summed E-state index contributed by atoms with van der Waals surface area (Å²) in [6.07, 6.45) is 1.41. The zero-order valence-electron chi connectivity index (χ0n) is 12.9. The van der Waals surface area contributed by atoms with Crippen molar-refractivity contribution >= 4 is 34.1 Å². The quantitative estimate of drug-likeness (QED) is 0.329. The number of hydrogen-bond donors (Lipinski definition) is 2. The molecule has 0 atom stereocenters. The van der Waals surface area contributed by atoms with Crippen molar-refractivity contribution in [1.29, 1.82) is 0 Å². The number of pyridine rings is 1. The molecule has 0 fully saturated rings. The third-order valence-electron chi connectivity index (χ3n) is 3.43. The molecule has 3 rings (SSSR count). The Balaban J connectivity index is 1.89. The molecule has 0 radical (unpaired) electrons. The Kier molecular flexibility index (Phi) is 4.34. The summed E-state index contributed by atoms with van der Waals surface area (Å²) in [6, 6.07) is 14.6. The van der Waals surface area contributed by atoms with E-state index in [2.05, 4.69) is 15.3 Å². The summed E-state index contributed by atoms with van der Waals surface area (Å²) >= 11 is 0. The van der Waals surface area contributed by atoms with Crippen molar-refractivity contribution in [3.05, 3.63) is 76.5 Å². The normalized spacial score (nSPS) is 11.3. The van der Waals surface area contributed by atoms with Crippen molar-refractivity contribution in [1.82, 2.24) is 10.3 Å². The van der Waals surface area contributed by atoms with Gasteiger partial charge in [-0.15, -0.1) is 0 Å². The van der Waals surface area contributed by atoms with Gasteiger partial charge in [0.15, 0.2) is 0 Å². The first kappa shape index (κ1) is 16.1. The first-order chi connectivity index (χ1) is 12.0. The SMILES string of the molecule is NC(=Nc1ccccc1)NC(=O)c1ccnc2cc([N+](=O)[O-])ccc12. The fourth-order valence-electron chi connectivity index (χ4n) is 2.30. The molecule has 8 nitrogen and oxygen atoms in total. The van der Waals surface area contributed by atoms with Crippen LogP contribution in [0.15, 0.2) is 65.8 Å². The lowest BCUT2D eigenvalue weighted by atomic mass is 10.1. The van der Waals surface area contributed by atoms with E-state index in [-0.39, 0.29) is 11.6 Å². The molecule has 0 bridgehead atoms. The minimum Gasteiger partial charge on any atom is -0.369 e. The van der Waals surface area contributed by atoms with Crippen molar-refractivity contribution < 1.29 is 9.72 Å². The number of benzene rings is 2.